The van der Waals surface area contributed by atoms with Gasteiger partial charge in [0.05, 0.1) is 6.04 Å². The van der Waals surface area contributed by atoms with E-state index < -0.39 is 0 Å². The molecule has 1 heterocycles. The molecule has 3 atom stereocenters. The van der Waals surface area contributed by atoms with Gasteiger partial charge in [-0.3, -0.25) is 0 Å². The lowest BCUT2D eigenvalue weighted by molar-refractivity contribution is 0.419. The van der Waals surface area contributed by atoms with E-state index in [4.69, 9.17) is 4.42 Å². The van der Waals surface area contributed by atoms with E-state index in [1.165, 1.54) is 32.1 Å². The first-order valence-electron chi connectivity index (χ1n) is 8.02. The average molecular weight is 280 g/mol. The summed E-state index contributed by atoms with van der Waals surface area (Å²) in [4.78, 5) is 0. The van der Waals surface area contributed by atoms with Crippen LogP contribution >= 0.6 is 0 Å². The van der Waals surface area contributed by atoms with Gasteiger partial charge in [-0.1, -0.05) is 31.8 Å². The van der Waals surface area contributed by atoms with Gasteiger partial charge in [-0.25, -0.2) is 0 Å². The molecule has 0 spiro atoms. The first-order valence-corrected chi connectivity index (χ1v) is 8.02. The van der Waals surface area contributed by atoms with Crippen molar-refractivity contribution in [3.8, 4) is 0 Å². The minimum Gasteiger partial charge on any atom is -0.406 e. The first kappa shape index (κ1) is 15.3. The molecule has 114 valence electrons. The summed E-state index contributed by atoms with van der Waals surface area (Å²) in [5.74, 6) is 1.52. The number of aromatic nitrogens is 2. The molecule has 0 aliphatic heterocycles. The molecule has 1 aromatic heterocycles. The van der Waals surface area contributed by atoms with E-state index in [-0.39, 0.29) is 6.04 Å². The number of anilines is 1. The third-order valence-electron chi connectivity index (χ3n) is 4.10. The third-order valence-corrected chi connectivity index (χ3v) is 4.10. The molecule has 2 rings (SSSR count). The smallest absolute Gasteiger partial charge is 0.315 e. The Morgan fingerprint density at radius 1 is 1.25 bits per heavy atom. The monoisotopic (exact) mass is 280 g/mol. The highest BCUT2D eigenvalue weighted by atomic mass is 16.4. The van der Waals surface area contributed by atoms with Crippen LogP contribution in [0.4, 0.5) is 6.01 Å². The molecule has 1 aliphatic carbocycles. The second-order valence-electron chi connectivity index (χ2n) is 6.08. The van der Waals surface area contributed by atoms with Crippen molar-refractivity contribution in [1.82, 2.24) is 15.5 Å². The molecule has 0 bridgehead atoms. The van der Waals surface area contributed by atoms with Gasteiger partial charge in [0.2, 0.25) is 5.89 Å². The molecule has 1 aromatic rings. The second-order valence-corrected chi connectivity index (χ2v) is 6.08. The van der Waals surface area contributed by atoms with Crippen LogP contribution in [0.1, 0.15) is 71.2 Å². The topological polar surface area (TPSA) is 63.0 Å². The van der Waals surface area contributed by atoms with Crippen LogP contribution in [0.2, 0.25) is 0 Å². The average Bonchev–Trinajstić information content (AvgIpc) is 2.81. The van der Waals surface area contributed by atoms with E-state index in [2.05, 4.69) is 41.6 Å². The number of hydrogen-bond acceptors (Lipinski definition) is 5. The van der Waals surface area contributed by atoms with Crippen molar-refractivity contribution >= 4 is 6.01 Å². The van der Waals surface area contributed by atoms with E-state index in [1.807, 2.05) is 0 Å². The molecule has 5 heteroatoms. The van der Waals surface area contributed by atoms with Crippen molar-refractivity contribution < 1.29 is 4.42 Å². The molecule has 3 unspecified atom stereocenters. The molecular formula is C15H28N4O. The minimum absolute atomic E-state index is 0.118. The summed E-state index contributed by atoms with van der Waals surface area (Å²) in [5.41, 5.74) is 0. The standard InChI is InChI=1S/C15H28N4O/c1-4-10-16-12(3)14-18-19-15(20-14)17-13-7-5-6-11(2)8-9-13/h11-13,16H,4-10H2,1-3H3,(H,17,19). The summed E-state index contributed by atoms with van der Waals surface area (Å²) >= 11 is 0. The maximum Gasteiger partial charge on any atom is 0.315 e. The van der Waals surface area contributed by atoms with E-state index in [9.17, 15) is 0 Å². The molecule has 0 aromatic carbocycles. The second kappa shape index (κ2) is 7.62. The van der Waals surface area contributed by atoms with Crippen LogP contribution in [0.25, 0.3) is 0 Å². The summed E-state index contributed by atoms with van der Waals surface area (Å²) < 4.78 is 5.72. The van der Waals surface area contributed by atoms with Crippen molar-refractivity contribution in [3.05, 3.63) is 5.89 Å². The van der Waals surface area contributed by atoms with E-state index in [1.54, 1.807) is 0 Å². The fourth-order valence-electron chi connectivity index (χ4n) is 2.72. The van der Waals surface area contributed by atoms with Crippen molar-refractivity contribution in [1.29, 1.82) is 0 Å². The Kier molecular flexibility index (Phi) is 5.83. The Labute approximate surface area is 121 Å². The molecule has 2 N–H and O–H groups in total. The van der Waals surface area contributed by atoms with Crippen LogP contribution < -0.4 is 10.6 Å². The zero-order valence-corrected chi connectivity index (χ0v) is 13.0. The Hall–Kier alpha value is -1.10. The number of nitrogens with zero attached hydrogens (tertiary/aromatic N) is 2. The molecular weight excluding hydrogens is 252 g/mol. The number of nitrogens with one attached hydrogen (secondary N) is 2. The molecule has 1 fully saturated rings. The SMILES string of the molecule is CCCNC(C)c1nnc(NC2CCCC(C)CC2)o1. The Bertz CT molecular complexity index is 393. The predicted octanol–water partition coefficient (Wildman–Crippen LogP) is 3.51. The van der Waals surface area contributed by atoms with Crippen molar-refractivity contribution in [2.24, 2.45) is 5.92 Å². The maximum absolute atomic E-state index is 5.72. The molecule has 0 saturated heterocycles. The Morgan fingerprint density at radius 2 is 2.10 bits per heavy atom. The van der Waals surface area contributed by atoms with E-state index in [0.29, 0.717) is 17.9 Å². The van der Waals surface area contributed by atoms with Gasteiger partial charge in [-0.15, -0.1) is 5.10 Å². The lowest BCUT2D eigenvalue weighted by atomic mass is 10.0. The quantitative estimate of drug-likeness (QED) is 0.781. The van der Waals surface area contributed by atoms with E-state index >= 15 is 0 Å². The van der Waals surface area contributed by atoms with Crippen LogP contribution in [0.5, 0.6) is 0 Å². The van der Waals surface area contributed by atoms with Crippen molar-refractivity contribution in [2.75, 3.05) is 11.9 Å². The molecule has 1 aliphatic rings. The highest BCUT2D eigenvalue weighted by Gasteiger charge is 2.19. The minimum atomic E-state index is 0.118. The normalized spacial score (nSPS) is 25.1. The van der Waals surface area contributed by atoms with Crippen LogP contribution in [0.3, 0.4) is 0 Å². The van der Waals surface area contributed by atoms with Crippen molar-refractivity contribution in [3.63, 3.8) is 0 Å². The van der Waals surface area contributed by atoms with Crippen LogP contribution in [-0.2, 0) is 0 Å². The van der Waals surface area contributed by atoms with Gasteiger partial charge in [0.1, 0.15) is 0 Å². The summed E-state index contributed by atoms with van der Waals surface area (Å²) in [6.45, 7) is 7.51. The Balaban J connectivity index is 1.85. The van der Waals surface area contributed by atoms with Gasteiger partial charge in [0, 0.05) is 6.04 Å². The summed E-state index contributed by atoms with van der Waals surface area (Å²) in [5, 5.41) is 15.0. The fraction of sp³-hybridized carbons (Fsp3) is 0.867. The predicted molar refractivity (Wildman–Crippen MR) is 80.7 cm³/mol. The summed E-state index contributed by atoms with van der Waals surface area (Å²) in [6.07, 6.45) is 7.41. The first-order chi connectivity index (χ1) is 9.69. The fourth-order valence-corrected chi connectivity index (χ4v) is 2.72. The van der Waals surface area contributed by atoms with Crippen LogP contribution in [-0.4, -0.2) is 22.8 Å². The molecule has 20 heavy (non-hydrogen) atoms. The van der Waals surface area contributed by atoms with Gasteiger partial charge in [-0.2, -0.15) is 0 Å². The van der Waals surface area contributed by atoms with Gasteiger partial charge in [-0.05, 0) is 45.1 Å². The van der Waals surface area contributed by atoms with E-state index in [0.717, 1.165) is 18.9 Å². The van der Waals surface area contributed by atoms with Gasteiger partial charge < -0.3 is 15.1 Å². The van der Waals surface area contributed by atoms with Crippen LogP contribution in [0.15, 0.2) is 4.42 Å². The molecule has 0 amide bonds. The maximum atomic E-state index is 5.72. The summed E-state index contributed by atoms with van der Waals surface area (Å²) in [7, 11) is 0. The zero-order chi connectivity index (χ0) is 14.4. The molecule has 5 nitrogen and oxygen atoms in total. The van der Waals surface area contributed by atoms with Gasteiger partial charge >= 0.3 is 6.01 Å². The Morgan fingerprint density at radius 3 is 2.90 bits per heavy atom. The lowest BCUT2D eigenvalue weighted by Gasteiger charge is -2.14. The molecule has 1 saturated carbocycles. The van der Waals surface area contributed by atoms with Gasteiger partial charge in [0.15, 0.2) is 0 Å². The van der Waals surface area contributed by atoms with Crippen molar-refractivity contribution in [2.45, 2.75) is 71.4 Å². The van der Waals surface area contributed by atoms with Gasteiger partial charge in [0.25, 0.3) is 0 Å². The lowest BCUT2D eigenvalue weighted by Crippen LogP contribution is -2.19. The number of rotatable bonds is 6. The third kappa shape index (κ3) is 4.47. The van der Waals surface area contributed by atoms with Crippen LogP contribution in [0, 0.1) is 5.92 Å². The summed E-state index contributed by atoms with van der Waals surface area (Å²) in [6, 6.07) is 1.17. The highest BCUT2D eigenvalue weighted by molar-refractivity contribution is 5.20. The highest BCUT2D eigenvalue weighted by Crippen LogP contribution is 2.25. The number of hydrogen-bond donors (Lipinski definition) is 2. The zero-order valence-electron chi connectivity index (χ0n) is 13.0. The molecule has 0 radical (unpaired) electrons. The largest absolute Gasteiger partial charge is 0.406 e.